The third kappa shape index (κ3) is 1.92. The fourth-order valence-electron chi connectivity index (χ4n) is 0.735. The van der Waals surface area contributed by atoms with Crippen molar-refractivity contribution in [3.8, 4) is 0 Å². The van der Waals surface area contributed by atoms with Gasteiger partial charge in [-0.2, -0.15) is 0 Å². The Morgan fingerprint density at radius 3 is 2.82 bits per heavy atom. The third-order valence-corrected chi connectivity index (χ3v) is 3.69. The summed E-state index contributed by atoms with van der Waals surface area (Å²) >= 11 is 5.13. The van der Waals surface area contributed by atoms with Crippen LogP contribution in [0, 0.1) is 6.92 Å². The fraction of sp³-hybridized carbons (Fsp3) is 0.250. The number of aryl methyl sites for hydroxylation is 1. The quantitative estimate of drug-likeness (QED) is 0.833. The van der Waals surface area contributed by atoms with E-state index < -0.39 is 0 Å². The fourth-order valence-corrected chi connectivity index (χ4v) is 2.25. The van der Waals surface area contributed by atoms with E-state index >= 15 is 0 Å². The standard InChI is InChI=1S/C8H10BrNS/c1-5-3-7(6(2)4-10)11-8(5)9/h3H,2,4,10H2,1H3. The van der Waals surface area contributed by atoms with Gasteiger partial charge >= 0.3 is 0 Å². The van der Waals surface area contributed by atoms with Gasteiger partial charge < -0.3 is 5.73 Å². The van der Waals surface area contributed by atoms with Gasteiger partial charge in [0.15, 0.2) is 0 Å². The van der Waals surface area contributed by atoms with Gasteiger partial charge in [-0.25, -0.2) is 0 Å². The normalized spacial score (nSPS) is 10.1. The molecule has 60 valence electrons. The lowest BCUT2D eigenvalue weighted by Crippen LogP contribution is -1.98. The lowest BCUT2D eigenvalue weighted by molar-refractivity contribution is 1.28. The van der Waals surface area contributed by atoms with E-state index in [1.165, 1.54) is 14.2 Å². The van der Waals surface area contributed by atoms with Gasteiger partial charge in [0.25, 0.3) is 0 Å². The maximum atomic E-state index is 5.46. The van der Waals surface area contributed by atoms with Crippen LogP contribution < -0.4 is 5.73 Å². The lowest BCUT2D eigenvalue weighted by atomic mass is 10.2. The van der Waals surface area contributed by atoms with Gasteiger partial charge in [-0.1, -0.05) is 6.58 Å². The molecule has 0 amide bonds. The molecule has 0 atom stereocenters. The van der Waals surface area contributed by atoms with Crippen molar-refractivity contribution < 1.29 is 0 Å². The second-order valence-electron chi connectivity index (χ2n) is 2.38. The topological polar surface area (TPSA) is 26.0 Å². The van der Waals surface area contributed by atoms with Crippen molar-refractivity contribution in [3.63, 3.8) is 0 Å². The Hall–Kier alpha value is -0.120. The van der Waals surface area contributed by atoms with Crippen molar-refractivity contribution in [1.82, 2.24) is 0 Å². The van der Waals surface area contributed by atoms with Crippen molar-refractivity contribution >= 4 is 32.8 Å². The first kappa shape index (κ1) is 8.97. The van der Waals surface area contributed by atoms with E-state index in [2.05, 4.69) is 35.5 Å². The summed E-state index contributed by atoms with van der Waals surface area (Å²) in [6, 6.07) is 2.10. The number of nitrogens with two attached hydrogens (primary N) is 1. The predicted octanol–water partition coefficient (Wildman–Crippen LogP) is 2.79. The maximum Gasteiger partial charge on any atom is 0.0734 e. The van der Waals surface area contributed by atoms with Gasteiger partial charge in [-0.15, -0.1) is 11.3 Å². The van der Waals surface area contributed by atoms with Gasteiger partial charge in [0.1, 0.15) is 0 Å². The molecule has 2 N–H and O–H groups in total. The number of rotatable bonds is 2. The Morgan fingerprint density at radius 1 is 1.82 bits per heavy atom. The summed E-state index contributed by atoms with van der Waals surface area (Å²) in [7, 11) is 0. The van der Waals surface area contributed by atoms with E-state index in [4.69, 9.17) is 5.73 Å². The number of thiophene rings is 1. The number of halogens is 1. The average molecular weight is 232 g/mol. The zero-order valence-corrected chi connectivity index (χ0v) is 8.76. The molecule has 3 heteroatoms. The molecule has 1 nitrogen and oxygen atoms in total. The summed E-state index contributed by atoms with van der Waals surface area (Å²) in [4.78, 5) is 1.18. The first-order valence-corrected chi connectivity index (χ1v) is 4.90. The third-order valence-electron chi connectivity index (χ3n) is 1.45. The summed E-state index contributed by atoms with van der Waals surface area (Å²) in [6.45, 7) is 6.46. The van der Waals surface area contributed by atoms with Crippen LogP contribution in [-0.4, -0.2) is 6.54 Å². The molecule has 0 bridgehead atoms. The Labute approximate surface area is 79.0 Å². The average Bonchev–Trinajstić information content (AvgIpc) is 2.31. The van der Waals surface area contributed by atoms with Crippen LogP contribution in [0.1, 0.15) is 10.4 Å². The highest BCUT2D eigenvalue weighted by molar-refractivity contribution is 9.11. The SMILES string of the molecule is C=C(CN)c1cc(C)c(Br)s1. The van der Waals surface area contributed by atoms with E-state index in [0.29, 0.717) is 6.54 Å². The highest BCUT2D eigenvalue weighted by Gasteiger charge is 2.03. The van der Waals surface area contributed by atoms with Crippen LogP contribution >= 0.6 is 27.3 Å². The summed E-state index contributed by atoms with van der Waals surface area (Å²) in [5.74, 6) is 0. The number of hydrogen-bond donors (Lipinski definition) is 1. The van der Waals surface area contributed by atoms with Gasteiger partial charge in [0.05, 0.1) is 3.79 Å². The second kappa shape index (κ2) is 3.52. The molecule has 0 aromatic carbocycles. The molecule has 0 fully saturated rings. The van der Waals surface area contributed by atoms with Crippen molar-refractivity contribution in [2.45, 2.75) is 6.92 Å². The molecule has 0 unspecified atom stereocenters. The Morgan fingerprint density at radius 2 is 2.45 bits per heavy atom. The molecular weight excluding hydrogens is 222 g/mol. The van der Waals surface area contributed by atoms with Gasteiger partial charge in [0.2, 0.25) is 0 Å². The highest BCUT2D eigenvalue weighted by Crippen LogP contribution is 2.30. The molecule has 0 spiro atoms. The molecule has 0 aliphatic heterocycles. The van der Waals surface area contributed by atoms with Crippen molar-refractivity contribution in [1.29, 1.82) is 0 Å². The predicted molar refractivity (Wildman–Crippen MR) is 54.8 cm³/mol. The molecule has 0 saturated carbocycles. The van der Waals surface area contributed by atoms with Crippen molar-refractivity contribution in [3.05, 3.63) is 26.9 Å². The molecule has 11 heavy (non-hydrogen) atoms. The minimum absolute atomic E-state index is 0.534. The number of hydrogen-bond acceptors (Lipinski definition) is 2. The second-order valence-corrected chi connectivity index (χ2v) is 4.75. The summed E-state index contributed by atoms with van der Waals surface area (Å²) in [5.41, 5.74) is 7.71. The monoisotopic (exact) mass is 231 g/mol. The molecule has 1 aromatic rings. The van der Waals surface area contributed by atoms with E-state index in [0.717, 1.165) is 5.57 Å². The molecular formula is C8H10BrNS. The summed E-state index contributed by atoms with van der Waals surface area (Å²) in [6.07, 6.45) is 0. The zero-order valence-electron chi connectivity index (χ0n) is 6.36. The molecule has 0 aliphatic carbocycles. The molecule has 1 aromatic heterocycles. The van der Waals surface area contributed by atoms with Crippen LogP contribution in [0.25, 0.3) is 5.57 Å². The molecule has 1 heterocycles. The first-order valence-electron chi connectivity index (χ1n) is 3.29. The minimum atomic E-state index is 0.534. The Kier molecular flexibility index (Phi) is 2.87. The Balaban J connectivity index is 2.97. The van der Waals surface area contributed by atoms with Gasteiger partial charge in [-0.3, -0.25) is 0 Å². The minimum Gasteiger partial charge on any atom is -0.326 e. The first-order chi connectivity index (χ1) is 5.15. The smallest absolute Gasteiger partial charge is 0.0734 e. The Bertz CT molecular complexity index is 258. The largest absolute Gasteiger partial charge is 0.326 e. The molecule has 1 rings (SSSR count). The van der Waals surface area contributed by atoms with E-state index in [9.17, 15) is 0 Å². The molecule has 0 saturated heterocycles. The summed E-state index contributed by atoms with van der Waals surface area (Å²) < 4.78 is 1.17. The van der Waals surface area contributed by atoms with Crippen LogP contribution in [0.15, 0.2) is 16.4 Å². The van der Waals surface area contributed by atoms with Crippen LogP contribution in [-0.2, 0) is 0 Å². The maximum absolute atomic E-state index is 5.46. The van der Waals surface area contributed by atoms with E-state index in [1.54, 1.807) is 11.3 Å². The van der Waals surface area contributed by atoms with Crippen LogP contribution in [0.5, 0.6) is 0 Å². The molecule has 0 aliphatic rings. The summed E-state index contributed by atoms with van der Waals surface area (Å²) in [5, 5.41) is 0. The van der Waals surface area contributed by atoms with Gasteiger partial charge in [-0.05, 0) is 40.1 Å². The zero-order chi connectivity index (χ0) is 8.43. The van der Waals surface area contributed by atoms with E-state index in [1.807, 2.05) is 0 Å². The lowest BCUT2D eigenvalue weighted by Gasteiger charge is -1.94. The molecule has 0 radical (unpaired) electrons. The van der Waals surface area contributed by atoms with Crippen molar-refractivity contribution in [2.75, 3.05) is 6.54 Å². The van der Waals surface area contributed by atoms with Crippen molar-refractivity contribution in [2.24, 2.45) is 5.73 Å². The van der Waals surface area contributed by atoms with Crippen LogP contribution in [0.3, 0.4) is 0 Å². The van der Waals surface area contributed by atoms with Crippen LogP contribution in [0.2, 0.25) is 0 Å². The van der Waals surface area contributed by atoms with Gasteiger partial charge in [0, 0.05) is 11.4 Å². The van der Waals surface area contributed by atoms with Crippen LogP contribution in [0.4, 0.5) is 0 Å². The highest BCUT2D eigenvalue weighted by atomic mass is 79.9. The van der Waals surface area contributed by atoms with E-state index in [-0.39, 0.29) is 0 Å².